The highest BCUT2D eigenvalue weighted by Crippen LogP contribution is 2.16. The molecule has 1 aliphatic rings. The molecule has 0 aromatic rings. The minimum Gasteiger partial charge on any atom is -0.314 e. The Labute approximate surface area is 99.3 Å². The van der Waals surface area contributed by atoms with Crippen LogP contribution in [0.15, 0.2) is 0 Å². The first kappa shape index (κ1) is 13.9. The smallest absolute Gasteiger partial charge is 0.151 e. The first-order valence-electron chi connectivity index (χ1n) is 6.08. The molecule has 0 amide bonds. The lowest BCUT2D eigenvalue weighted by atomic mass is 10.2. The number of hydrogen-bond acceptors (Lipinski definition) is 4. The van der Waals surface area contributed by atoms with Crippen LogP contribution in [0.3, 0.4) is 0 Å². The first-order valence-corrected chi connectivity index (χ1v) is 7.91. The van der Waals surface area contributed by atoms with Crippen molar-refractivity contribution in [3.05, 3.63) is 0 Å². The van der Waals surface area contributed by atoms with Gasteiger partial charge in [0, 0.05) is 12.1 Å². The maximum absolute atomic E-state index is 11.3. The molecule has 0 aromatic heterocycles. The second kappa shape index (κ2) is 5.98. The monoisotopic (exact) mass is 248 g/mol. The molecule has 0 saturated carbocycles. The van der Waals surface area contributed by atoms with Crippen LogP contribution in [0.4, 0.5) is 0 Å². The molecule has 0 radical (unpaired) electrons. The van der Waals surface area contributed by atoms with E-state index in [9.17, 15) is 8.42 Å². The average Bonchev–Trinajstić information content (AvgIpc) is 2.56. The van der Waals surface area contributed by atoms with Crippen molar-refractivity contribution in [2.24, 2.45) is 0 Å². The normalized spacial score (nSPS) is 26.1. The van der Waals surface area contributed by atoms with Gasteiger partial charge in [-0.25, -0.2) is 8.42 Å². The van der Waals surface area contributed by atoms with Crippen LogP contribution in [0, 0.1) is 0 Å². The molecule has 1 rings (SSSR count). The molecule has 1 N–H and O–H groups in total. The van der Waals surface area contributed by atoms with E-state index in [0.717, 1.165) is 25.9 Å². The summed E-state index contributed by atoms with van der Waals surface area (Å²) in [4.78, 5) is 2.19. The third kappa shape index (κ3) is 4.39. The quantitative estimate of drug-likeness (QED) is 0.743. The van der Waals surface area contributed by atoms with Crippen molar-refractivity contribution in [3.63, 3.8) is 0 Å². The van der Waals surface area contributed by atoms with Gasteiger partial charge in [0.15, 0.2) is 9.84 Å². The van der Waals surface area contributed by atoms with E-state index in [1.807, 2.05) is 7.05 Å². The van der Waals surface area contributed by atoms with Gasteiger partial charge in [-0.05, 0) is 39.9 Å². The summed E-state index contributed by atoms with van der Waals surface area (Å²) in [5.41, 5.74) is 0. The number of nitrogens with zero attached hydrogens (tertiary/aromatic N) is 1. The van der Waals surface area contributed by atoms with Gasteiger partial charge in [-0.2, -0.15) is 0 Å². The van der Waals surface area contributed by atoms with E-state index in [-0.39, 0.29) is 6.04 Å². The molecule has 0 aromatic carbocycles. The van der Waals surface area contributed by atoms with Gasteiger partial charge in [0.05, 0.1) is 11.5 Å². The van der Waals surface area contributed by atoms with E-state index in [4.69, 9.17) is 0 Å². The van der Waals surface area contributed by atoms with E-state index < -0.39 is 9.84 Å². The lowest BCUT2D eigenvalue weighted by Gasteiger charge is -2.24. The average molecular weight is 248 g/mol. The first-order chi connectivity index (χ1) is 7.44. The van der Waals surface area contributed by atoms with Crippen LogP contribution in [0.25, 0.3) is 0 Å². The molecular weight excluding hydrogens is 224 g/mol. The summed E-state index contributed by atoms with van der Waals surface area (Å²) in [6.45, 7) is 6.23. The van der Waals surface area contributed by atoms with Gasteiger partial charge in [-0.3, -0.25) is 0 Å². The molecule has 0 bridgehead atoms. The highest BCUT2D eigenvalue weighted by Gasteiger charge is 2.30. The van der Waals surface area contributed by atoms with Gasteiger partial charge in [0.25, 0.3) is 0 Å². The maximum Gasteiger partial charge on any atom is 0.151 e. The van der Waals surface area contributed by atoms with Crippen molar-refractivity contribution >= 4 is 9.84 Å². The fourth-order valence-corrected chi connectivity index (χ4v) is 3.96. The SMILES string of the molecule is CCNC(C)CCN(C)C1CCS(=O)(=O)C1. The van der Waals surface area contributed by atoms with E-state index in [1.165, 1.54) is 0 Å². The molecule has 16 heavy (non-hydrogen) atoms. The Kier molecular flexibility index (Phi) is 5.21. The van der Waals surface area contributed by atoms with Crippen molar-refractivity contribution in [1.29, 1.82) is 0 Å². The predicted octanol–water partition coefficient (Wildman–Crippen LogP) is 0.493. The lowest BCUT2D eigenvalue weighted by molar-refractivity contribution is 0.249. The second-order valence-electron chi connectivity index (χ2n) is 4.78. The molecule has 5 heteroatoms. The Hall–Kier alpha value is -0.130. The van der Waals surface area contributed by atoms with Crippen molar-refractivity contribution in [1.82, 2.24) is 10.2 Å². The molecule has 0 aliphatic carbocycles. The lowest BCUT2D eigenvalue weighted by Crippen LogP contribution is -2.36. The van der Waals surface area contributed by atoms with Gasteiger partial charge >= 0.3 is 0 Å². The maximum atomic E-state index is 11.3. The minimum atomic E-state index is -2.75. The summed E-state index contributed by atoms with van der Waals surface area (Å²) < 4.78 is 22.7. The molecule has 0 spiro atoms. The summed E-state index contributed by atoms with van der Waals surface area (Å²) in [5, 5.41) is 3.36. The van der Waals surface area contributed by atoms with Gasteiger partial charge in [-0.1, -0.05) is 6.92 Å². The number of sulfone groups is 1. The molecule has 2 atom stereocenters. The summed E-state index contributed by atoms with van der Waals surface area (Å²) in [6.07, 6.45) is 1.87. The Balaban J connectivity index is 2.28. The van der Waals surface area contributed by atoms with E-state index >= 15 is 0 Å². The van der Waals surface area contributed by atoms with Crippen LogP contribution in [-0.4, -0.2) is 57.0 Å². The third-order valence-corrected chi connectivity index (χ3v) is 5.05. The molecule has 1 fully saturated rings. The summed E-state index contributed by atoms with van der Waals surface area (Å²) in [5.74, 6) is 0.712. The van der Waals surface area contributed by atoms with Crippen LogP contribution in [0.1, 0.15) is 26.7 Å². The Morgan fingerprint density at radius 2 is 2.19 bits per heavy atom. The summed E-state index contributed by atoms with van der Waals surface area (Å²) in [7, 11) is -0.715. The number of nitrogens with one attached hydrogen (secondary N) is 1. The van der Waals surface area contributed by atoms with Crippen molar-refractivity contribution < 1.29 is 8.42 Å². The number of rotatable bonds is 6. The zero-order chi connectivity index (χ0) is 12.2. The van der Waals surface area contributed by atoms with Crippen LogP contribution in [0.2, 0.25) is 0 Å². The summed E-state index contributed by atoms with van der Waals surface area (Å²) >= 11 is 0. The van der Waals surface area contributed by atoms with Crippen LogP contribution in [0.5, 0.6) is 0 Å². The summed E-state index contributed by atoms with van der Waals surface area (Å²) in [6, 6.07) is 0.740. The Morgan fingerprint density at radius 3 is 2.69 bits per heavy atom. The molecule has 96 valence electrons. The fourth-order valence-electron chi connectivity index (χ4n) is 2.15. The van der Waals surface area contributed by atoms with Gasteiger partial charge in [-0.15, -0.1) is 0 Å². The molecular formula is C11H24N2O2S. The standard InChI is InChI=1S/C11H24N2O2S/c1-4-12-10(2)5-7-13(3)11-6-8-16(14,15)9-11/h10-12H,4-9H2,1-3H3. The largest absolute Gasteiger partial charge is 0.314 e. The van der Waals surface area contributed by atoms with Gasteiger partial charge < -0.3 is 10.2 Å². The second-order valence-corrected chi connectivity index (χ2v) is 7.01. The van der Waals surface area contributed by atoms with Crippen LogP contribution >= 0.6 is 0 Å². The Morgan fingerprint density at radius 1 is 1.50 bits per heavy atom. The minimum absolute atomic E-state index is 0.235. The van der Waals surface area contributed by atoms with Crippen molar-refractivity contribution in [3.8, 4) is 0 Å². The van der Waals surface area contributed by atoms with Gasteiger partial charge in [0.1, 0.15) is 0 Å². The predicted molar refractivity (Wildman–Crippen MR) is 67.4 cm³/mol. The molecule has 2 unspecified atom stereocenters. The van der Waals surface area contributed by atoms with E-state index in [1.54, 1.807) is 0 Å². The zero-order valence-electron chi connectivity index (χ0n) is 10.6. The highest BCUT2D eigenvalue weighted by atomic mass is 32.2. The molecule has 1 heterocycles. The molecule has 1 aliphatic heterocycles. The topological polar surface area (TPSA) is 49.4 Å². The number of hydrogen-bond donors (Lipinski definition) is 1. The Bertz CT molecular complexity index is 303. The van der Waals surface area contributed by atoms with Crippen LogP contribution < -0.4 is 5.32 Å². The molecule has 4 nitrogen and oxygen atoms in total. The zero-order valence-corrected chi connectivity index (χ0v) is 11.4. The highest BCUT2D eigenvalue weighted by molar-refractivity contribution is 7.91. The van der Waals surface area contributed by atoms with E-state index in [0.29, 0.717) is 17.5 Å². The third-order valence-electron chi connectivity index (χ3n) is 3.30. The molecule has 1 saturated heterocycles. The van der Waals surface area contributed by atoms with Crippen LogP contribution in [-0.2, 0) is 9.84 Å². The van der Waals surface area contributed by atoms with Crippen molar-refractivity contribution in [2.75, 3.05) is 31.6 Å². The van der Waals surface area contributed by atoms with Gasteiger partial charge in [0.2, 0.25) is 0 Å². The van der Waals surface area contributed by atoms with Crippen molar-refractivity contribution in [2.45, 2.75) is 38.8 Å². The van der Waals surface area contributed by atoms with E-state index in [2.05, 4.69) is 24.1 Å². The fraction of sp³-hybridized carbons (Fsp3) is 1.00.